The third kappa shape index (κ3) is 6.47. The van der Waals surface area contributed by atoms with Crippen LogP contribution < -0.4 is 16.4 Å². The lowest BCUT2D eigenvalue weighted by Gasteiger charge is -2.29. The van der Waals surface area contributed by atoms with Gasteiger partial charge < -0.3 is 26.4 Å². The lowest BCUT2D eigenvalue weighted by atomic mass is 10.0. The van der Waals surface area contributed by atoms with Crippen molar-refractivity contribution in [3.05, 3.63) is 0 Å². The fourth-order valence-electron chi connectivity index (χ4n) is 3.27. The molecule has 9 nitrogen and oxygen atoms in total. The van der Waals surface area contributed by atoms with Gasteiger partial charge in [-0.3, -0.25) is 19.2 Å². The van der Waals surface area contributed by atoms with E-state index in [1.807, 2.05) is 13.8 Å². The van der Waals surface area contributed by atoms with Crippen LogP contribution in [0, 0.1) is 11.8 Å². The number of carbonyl (C=O) groups excluding carboxylic acids is 3. The molecular formula is C19H34N4O5. The Morgan fingerprint density at radius 3 is 2.21 bits per heavy atom. The van der Waals surface area contributed by atoms with E-state index >= 15 is 0 Å². The van der Waals surface area contributed by atoms with E-state index in [4.69, 9.17) is 10.8 Å². The van der Waals surface area contributed by atoms with Crippen molar-refractivity contribution >= 4 is 23.7 Å². The van der Waals surface area contributed by atoms with Crippen LogP contribution in [-0.4, -0.2) is 64.4 Å². The highest BCUT2D eigenvalue weighted by Crippen LogP contribution is 2.20. The first-order chi connectivity index (χ1) is 13.0. The molecular weight excluding hydrogens is 364 g/mol. The van der Waals surface area contributed by atoms with Crippen molar-refractivity contribution in [3.63, 3.8) is 0 Å². The monoisotopic (exact) mass is 398 g/mol. The highest BCUT2D eigenvalue weighted by atomic mass is 16.4. The van der Waals surface area contributed by atoms with E-state index in [0.29, 0.717) is 25.8 Å². The number of amides is 3. The van der Waals surface area contributed by atoms with Gasteiger partial charge in [0.25, 0.3) is 0 Å². The molecule has 3 amide bonds. The summed E-state index contributed by atoms with van der Waals surface area (Å²) < 4.78 is 0. The van der Waals surface area contributed by atoms with Crippen molar-refractivity contribution in [2.75, 3.05) is 6.54 Å². The first-order valence-corrected chi connectivity index (χ1v) is 9.85. The quantitative estimate of drug-likeness (QED) is 0.433. The van der Waals surface area contributed by atoms with Crippen LogP contribution in [0.2, 0.25) is 0 Å². The van der Waals surface area contributed by atoms with Crippen molar-refractivity contribution in [1.82, 2.24) is 15.5 Å². The summed E-state index contributed by atoms with van der Waals surface area (Å²) in [6.07, 6.45) is 1.73. The van der Waals surface area contributed by atoms with Crippen LogP contribution in [0.4, 0.5) is 0 Å². The molecule has 1 aliphatic heterocycles. The SMILES string of the molecule is CC(C)CC(N)C(=O)N1CCCC1C(=O)NC(C(=O)NC(C)C(=O)O)C(C)C. The largest absolute Gasteiger partial charge is 0.480 e. The molecule has 0 aromatic heterocycles. The van der Waals surface area contributed by atoms with Gasteiger partial charge in [0.05, 0.1) is 6.04 Å². The van der Waals surface area contributed by atoms with Crippen LogP contribution in [0.25, 0.3) is 0 Å². The van der Waals surface area contributed by atoms with E-state index in [2.05, 4.69) is 10.6 Å². The summed E-state index contributed by atoms with van der Waals surface area (Å²) in [6.45, 7) is 9.28. The third-order valence-electron chi connectivity index (χ3n) is 4.86. The van der Waals surface area contributed by atoms with E-state index in [0.717, 1.165) is 0 Å². The number of carboxylic acid groups (broad SMARTS) is 1. The molecule has 1 rings (SSSR count). The van der Waals surface area contributed by atoms with Crippen LogP contribution in [0.5, 0.6) is 0 Å². The number of rotatable bonds is 9. The van der Waals surface area contributed by atoms with Crippen molar-refractivity contribution in [1.29, 1.82) is 0 Å². The molecule has 0 bridgehead atoms. The summed E-state index contributed by atoms with van der Waals surface area (Å²) in [5.74, 6) is -2.38. The van der Waals surface area contributed by atoms with Gasteiger partial charge >= 0.3 is 5.97 Å². The van der Waals surface area contributed by atoms with Crippen LogP contribution in [0.3, 0.4) is 0 Å². The van der Waals surface area contributed by atoms with Crippen molar-refractivity contribution in [3.8, 4) is 0 Å². The maximum Gasteiger partial charge on any atom is 0.325 e. The molecule has 4 atom stereocenters. The van der Waals surface area contributed by atoms with Crippen LogP contribution in [-0.2, 0) is 19.2 Å². The Labute approximate surface area is 166 Å². The Bertz CT molecular complexity index is 593. The second-order valence-electron chi connectivity index (χ2n) is 8.22. The Balaban J connectivity index is 2.82. The minimum absolute atomic E-state index is 0.251. The van der Waals surface area contributed by atoms with Gasteiger partial charge in [0, 0.05) is 6.54 Å². The zero-order valence-electron chi connectivity index (χ0n) is 17.4. The molecule has 28 heavy (non-hydrogen) atoms. The summed E-state index contributed by atoms with van der Waals surface area (Å²) >= 11 is 0. The molecule has 0 saturated carbocycles. The predicted molar refractivity (Wildman–Crippen MR) is 104 cm³/mol. The molecule has 9 heteroatoms. The van der Waals surface area contributed by atoms with E-state index in [1.165, 1.54) is 11.8 Å². The first kappa shape index (κ1) is 23.9. The second-order valence-corrected chi connectivity index (χ2v) is 8.22. The summed E-state index contributed by atoms with van der Waals surface area (Å²) in [4.78, 5) is 50.3. The summed E-state index contributed by atoms with van der Waals surface area (Å²) in [5.41, 5.74) is 6.00. The number of nitrogens with zero attached hydrogens (tertiary/aromatic N) is 1. The molecule has 0 radical (unpaired) electrons. The van der Waals surface area contributed by atoms with Gasteiger partial charge in [0.15, 0.2) is 0 Å². The maximum atomic E-state index is 12.8. The number of nitrogens with two attached hydrogens (primary N) is 1. The number of carboxylic acids is 1. The smallest absolute Gasteiger partial charge is 0.325 e. The van der Waals surface area contributed by atoms with Crippen molar-refractivity contribution in [2.24, 2.45) is 17.6 Å². The Kier molecular flexibility index (Phi) is 8.87. The Morgan fingerprint density at radius 2 is 1.71 bits per heavy atom. The lowest BCUT2D eigenvalue weighted by molar-refractivity contribution is -0.143. The Hall–Kier alpha value is -2.16. The summed E-state index contributed by atoms with van der Waals surface area (Å²) in [5, 5.41) is 14.0. The van der Waals surface area contributed by atoms with Gasteiger partial charge in [0.2, 0.25) is 17.7 Å². The highest BCUT2D eigenvalue weighted by Gasteiger charge is 2.38. The fourth-order valence-corrected chi connectivity index (χ4v) is 3.27. The number of nitrogens with one attached hydrogen (secondary N) is 2. The normalized spacial score (nSPS) is 20.0. The zero-order chi connectivity index (χ0) is 21.6. The molecule has 0 aliphatic carbocycles. The lowest BCUT2D eigenvalue weighted by Crippen LogP contribution is -2.57. The average Bonchev–Trinajstić information content (AvgIpc) is 3.07. The van der Waals surface area contributed by atoms with Gasteiger partial charge in [-0.05, 0) is 38.0 Å². The average molecular weight is 399 g/mol. The number of carbonyl (C=O) groups is 4. The van der Waals surface area contributed by atoms with E-state index < -0.39 is 42.0 Å². The van der Waals surface area contributed by atoms with Crippen LogP contribution in [0.1, 0.15) is 53.9 Å². The minimum Gasteiger partial charge on any atom is -0.480 e. The number of aliphatic carboxylic acids is 1. The molecule has 1 heterocycles. The molecule has 1 saturated heterocycles. The molecule has 1 aliphatic rings. The predicted octanol–water partition coefficient (Wildman–Crippen LogP) is 0.0809. The van der Waals surface area contributed by atoms with Gasteiger partial charge in [-0.25, -0.2) is 0 Å². The summed E-state index contributed by atoms with van der Waals surface area (Å²) in [6, 6.07) is -3.29. The fraction of sp³-hybridized carbons (Fsp3) is 0.789. The van der Waals surface area contributed by atoms with Gasteiger partial charge in [0.1, 0.15) is 18.1 Å². The van der Waals surface area contributed by atoms with Gasteiger partial charge in [-0.15, -0.1) is 0 Å². The maximum absolute atomic E-state index is 12.8. The standard InChI is InChI=1S/C19H34N4O5/c1-10(2)9-13(20)18(26)23-8-6-7-14(23)16(24)22-15(11(3)4)17(25)21-12(5)19(27)28/h10-15H,6-9,20H2,1-5H3,(H,21,25)(H,22,24)(H,27,28). The third-order valence-corrected chi connectivity index (χ3v) is 4.86. The van der Waals surface area contributed by atoms with Crippen molar-refractivity contribution in [2.45, 2.75) is 78.0 Å². The molecule has 0 aromatic carbocycles. The Morgan fingerprint density at radius 1 is 1.11 bits per heavy atom. The summed E-state index contributed by atoms with van der Waals surface area (Å²) in [7, 11) is 0. The molecule has 5 N–H and O–H groups in total. The zero-order valence-corrected chi connectivity index (χ0v) is 17.4. The highest BCUT2D eigenvalue weighted by molar-refractivity contribution is 5.94. The number of hydrogen-bond donors (Lipinski definition) is 4. The number of likely N-dealkylation sites (tertiary alicyclic amines) is 1. The van der Waals surface area contributed by atoms with E-state index in [-0.39, 0.29) is 17.7 Å². The van der Waals surface area contributed by atoms with Crippen LogP contribution >= 0.6 is 0 Å². The molecule has 0 aromatic rings. The molecule has 1 fully saturated rings. The first-order valence-electron chi connectivity index (χ1n) is 9.85. The van der Waals surface area contributed by atoms with E-state index in [9.17, 15) is 19.2 Å². The van der Waals surface area contributed by atoms with Crippen molar-refractivity contribution < 1.29 is 24.3 Å². The number of hydrogen-bond acceptors (Lipinski definition) is 5. The van der Waals surface area contributed by atoms with Crippen LogP contribution in [0.15, 0.2) is 0 Å². The molecule has 4 unspecified atom stereocenters. The van der Waals surface area contributed by atoms with Gasteiger partial charge in [-0.1, -0.05) is 27.7 Å². The van der Waals surface area contributed by atoms with E-state index in [1.54, 1.807) is 13.8 Å². The molecule has 0 spiro atoms. The topological polar surface area (TPSA) is 142 Å². The molecule has 160 valence electrons. The van der Waals surface area contributed by atoms with Gasteiger partial charge in [-0.2, -0.15) is 0 Å². The second kappa shape index (κ2) is 10.4. The minimum atomic E-state index is -1.16.